The molecule has 0 atom stereocenters. The lowest BCUT2D eigenvalue weighted by molar-refractivity contribution is 0.0960. The molecule has 0 aliphatic carbocycles. The molecule has 0 aliphatic rings. The average Bonchev–Trinajstić information content (AvgIpc) is 2.70. The van der Waals surface area contributed by atoms with E-state index in [2.05, 4.69) is 5.43 Å². The highest BCUT2D eigenvalue weighted by Gasteiger charge is 2.20. The lowest BCUT2D eigenvalue weighted by Gasteiger charge is -2.26. The van der Waals surface area contributed by atoms with Crippen LogP contribution in [-0.4, -0.2) is 11.9 Å². The lowest BCUT2D eigenvalue weighted by atomic mass is 10.2. The molecule has 5 nitrogen and oxygen atoms in total. The number of imide groups is 1. The number of anilines is 1. The van der Waals surface area contributed by atoms with Crippen molar-refractivity contribution >= 4 is 40.8 Å². The maximum Gasteiger partial charge on any atom is 0.340 e. The van der Waals surface area contributed by atoms with Crippen molar-refractivity contribution in [3.63, 3.8) is 0 Å². The smallest absolute Gasteiger partial charge is 0.280 e. The van der Waals surface area contributed by atoms with Gasteiger partial charge in [0.2, 0.25) is 0 Å². The first-order valence-electron chi connectivity index (χ1n) is 8.68. The van der Waals surface area contributed by atoms with E-state index in [9.17, 15) is 18.4 Å². The molecule has 0 unspecified atom stereocenters. The van der Waals surface area contributed by atoms with Crippen molar-refractivity contribution in [2.24, 2.45) is 0 Å². The van der Waals surface area contributed by atoms with Crippen molar-refractivity contribution in [1.82, 2.24) is 10.7 Å². The maximum atomic E-state index is 14.2. The number of carbonyl (C=O) groups is 2. The lowest BCUT2D eigenvalue weighted by Crippen LogP contribution is -2.49. The quantitative estimate of drug-likeness (QED) is 0.517. The van der Waals surface area contributed by atoms with E-state index >= 15 is 0 Å². The zero-order valence-electron chi connectivity index (χ0n) is 15.3. The Kier molecular flexibility index (Phi) is 6.87. The van der Waals surface area contributed by atoms with Crippen LogP contribution in [0.5, 0.6) is 0 Å². The Morgan fingerprint density at radius 3 is 2.10 bits per heavy atom. The highest BCUT2D eigenvalue weighted by atomic mass is 35.5. The van der Waals surface area contributed by atoms with Gasteiger partial charge in [0.05, 0.1) is 22.8 Å². The molecule has 154 valence electrons. The minimum atomic E-state index is -1.02. The van der Waals surface area contributed by atoms with Crippen molar-refractivity contribution in [1.29, 1.82) is 0 Å². The summed E-state index contributed by atoms with van der Waals surface area (Å²) in [5, 5.41) is 3.35. The van der Waals surface area contributed by atoms with Gasteiger partial charge in [-0.15, -0.1) is 0 Å². The fourth-order valence-corrected chi connectivity index (χ4v) is 3.15. The van der Waals surface area contributed by atoms with E-state index in [1.165, 1.54) is 35.3 Å². The standard InChI is InChI=1S/C21H15Cl2F2N3O2/c22-15-8-4-10-17(24)14(15)12-28(13-6-2-1-3-7-13)27-21(30)26-20(29)19-16(23)9-5-11-18(19)25/h1-11H,12H2,(H2,26,27,29,30). The Morgan fingerprint density at radius 2 is 1.47 bits per heavy atom. The Bertz CT molecular complexity index is 1040. The number of hydrogen-bond acceptors (Lipinski definition) is 3. The van der Waals surface area contributed by atoms with Gasteiger partial charge in [-0.05, 0) is 36.4 Å². The van der Waals surface area contributed by atoms with Gasteiger partial charge in [0.25, 0.3) is 5.91 Å². The van der Waals surface area contributed by atoms with Crippen LogP contribution in [0.25, 0.3) is 0 Å². The van der Waals surface area contributed by atoms with Crippen LogP contribution >= 0.6 is 23.2 Å². The largest absolute Gasteiger partial charge is 0.340 e. The predicted molar refractivity (Wildman–Crippen MR) is 111 cm³/mol. The molecule has 0 heterocycles. The first kappa shape index (κ1) is 21.5. The average molecular weight is 450 g/mol. The second-order valence-corrected chi connectivity index (χ2v) is 6.93. The van der Waals surface area contributed by atoms with Gasteiger partial charge < -0.3 is 0 Å². The third-order valence-corrected chi connectivity index (χ3v) is 4.77. The Hall–Kier alpha value is -3.16. The molecule has 0 aliphatic heterocycles. The van der Waals surface area contributed by atoms with Crippen LogP contribution in [0.2, 0.25) is 10.0 Å². The summed E-state index contributed by atoms with van der Waals surface area (Å²) < 4.78 is 28.1. The van der Waals surface area contributed by atoms with E-state index in [4.69, 9.17) is 23.2 Å². The Labute approximate surface area is 181 Å². The number of hydrogen-bond donors (Lipinski definition) is 2. The second-order valence-electron chi connectivity index (χ2n) is 6.11. The van der Waals surface area contributed by atoms with Crippen LogP contribution in [0, 0.1) is 11.6 Å². The van der Waals surface area contributed by atoms with Crippen LogP contribution in [0.4, 0.5) is 19.3 Å². The molecule has 3 aromatic carbocycles. The Balaban J connectivity index is 1.81. The first-order chi connectivity index (χ1) is 14.4. The minimum Gasteiger partial charge on any atom is -0.280 e. The van der Waals surface area contributed by atoms with Gasteiger partial charge in [-0.1, -0.05) is 53.5 Å². The summed E-state index contributed by atoms with van der Waals surface area (Å²) >= 11 is 11.9. The minimum absolute atomic E-state index is 0.127. The molecule has 0 aromatic heterocycles. The fourth-order valence-electron chi connectivity index (χ4n) is 2.68. The van der Waals surface area contributed by atoms with Crippen molar-refractivity contribution in [2.75, 3.05) is 5.01 Å². The van der Waals surface area contributed by atoms with Crippen LogP contribution in [-0.2, 0) is 6.54 Å². The molecule has 0 bridgehead atoms. The zero-order chi connectivity index (χ0) is 21.7. The van der Waals surface area contributed by atoms with Crippen LogP contribution in [0.15, 0.2) is 66.7 Å². The molecule has 0 saturated heterocycles. The van der Waals surface area contributed by atoms with Crippen molar-refractivity contribution in [3.05, 3.63) is 99.5 Å². The van der Waals surface area contributed by atoms with Crippen molar-refractivity contribution in [2.45, 2.75) is 6.54 Å². The van der Waals surface area contributed by atoms with E-state index in [1.807, 2.05) is 5.32 Å². The highest BCUT2D eigenvalue weighted by Crippen LogP contribution is 2.23. The third kappa shape index (κ3) is 5.06. The predicted octanol–water partition coefficient (Wildman–Crippen LogP) is 5.33. The van der Waals surface area contributed by atoms with Gasteiger partial charge in [-0.25, -0.2) is 19.0 Å². The number of rotatable bonds is 5. The molecular formula is C21H15Cl2F2N3O2. The topological polar surface area (TPSA) is 61.4 Å². The van der Waals surface area contributed by atoms with Gasteiger partial charge in [0.1, 0.15) is 11.6 Å². The molecule has 0 spiro atoms. The number of nitrogens with one attached hydrogen (secondary N) is 2. The molecular weight excluding hydrogens is 435 g/mol. The molecule has 0 fully saturated rings. The molecule has 3 aromatic rings. The molecule has 30 heavy (non-hydrogen) atoms. The van der Waals surface area contributed by atoms with Gasteiger partial charge in [0.15, 0.2) is 0 Å². The summed E-state index contributed by atoms with van der Waals surface area (Å²) in [4.78, 5) is 24.7. The molecule has 9 heteroatoms. The molecule has 3 amide bonds. The highest BCUT2D eigenvalue weighted by molar-refractivity contribution is 6.34. The summed E-state index contributed by atoms with van der Waals surface area (Å²) in [6, 6.07) is 15.5. The van der Waals surface area contributed by atoms with Gasteiger partial charge in [-0.3, -0.25) is 15.1 Å². The van der Waals surface area contributed by atoms with Crippen LogP contribution in [0.1, 0.15) is 15.9 Å². The monoisotopic (exact) mass is 449 g/mol. The number of urea groups is 1. The third-order valence-electron chi connectivity index (χ3n) is 4.10. The van der Waals surface area contributed by atoms with Crippen molar-refractivity contribution in [3.8, 4) is 0 Å². The SMILES string of the molecule is O=C(NC(=O)c1c(F)cccc1Cl)NN(Cc1c(F)cccc1Cl)c1ccccc1. The normalized spacial score (nSPS) is 10.4. The van der Waals surface area contributed by atoms with E-state index in [0.717, 1.165) is 6.07 Å². The number of amides is 3. The number of halogens is 4. The van der Waals surface area contributed by atoms with Gasteiger partial charge >= 0.3 is 6.03 Å². The van der Waals surface area contributed by atoms with Crippen LogP contribution in [0.3, 0.4) is 0 Å². The maximum absolute atomic E-state index is 14.2. The van der Waals surface area contributed by atoms with E-state index in [0.29, 0.717) is 5.69 Å². The molecule has 3 rings (SSSR count). The van der Waals surface area contributed by atoms with Crippen molar-refractivity contribution < 1.29 is 18.4 Å². The summed E-state index contributed by atoms with van der Waals surface area (Å²) in [5.41, 5.74) is 2.64. The fraction of sp³-hybridized carbons (Fsp3) is 0.0476. The van der Waals surface area contributed by atoms with Gasteiger partial charge in [0, 0.05) is 10.6 Å². The summed E-state index contributed by atoms with van der Waals surface area (Å²) in [7, 11) is 0. The summed E-state index contributed by atoms with van der Waals surface area (Å²) in [6.45, 7) is -0.127. The number of carbonyl (C=O) groups excluding carboxylic acids is 2. The van der Waals surface area contributed by atoms with Crippen LogP contribution < -0.4 is 15.8 Å². The first-order valence-corrected chi connectivity index (χ1v) is 9.44. The summed E-state index contributed by atoms with van der Waals surface area (Å²) in [6.07, 6.45) is 0. The Morgan fingerprint density at radius 1 is 0.833 bits per heavy atom. The van der Waals surface area contributed by atoms with E-state index in [1.54, 1.807) is 30.3 Å². The number of para-hydroxylation sites is 1. The van der Waals surface area contributed by atoms with E-state index < -0.39 is 29.1 Å². The summed E-state index contributed by atoms with van der Waals surface area (Å²) in [5.74, 6) is -2.45. The zero-order valence-corrected chi connectivity index (χ0v) is 16.8. The molecule has 2 N–H and O–H groups in total. The number of benzene rings is 3. The molecule has 0 saturated carbocycles. The second kappa shape index (κ2) is 9.56. The molecule has 0 radical (unpaired) electrons. The number of hydrazine groups is 1. The van der Waals surface area contributed by atoms with E-state index in [-0.39, 0.29) is 22.2 Å². The number of nitrogens with zero attached hydrogens (tertiary/aromatic N) is 1. The van der Waals surface area contributed by atoms with Gasteiger partial charge in [-0.2, -0.15) is 0 Å².